The summed E-state index contributed by atoms with van der Waals surface area (Å²) in [5.74, 6) is -0.916. The molecule has 0 bridgehead atoms. The average Bonchev–Trinajstić information content (AvgIpc) is 3.54. The van der Waals surface area contributed by atoms with Crippen molar-refractivity contribution in [3.63, 3.8) is 0 Å². The van der Waals surface area contributed by atoms with E-state index in [0.29, 0.717) is 23.8 Å². The largest absolute Gasteiger partial charge is 0.573 e. The monoisotopic (exact) mass is 519 g/mol. The minimum absolute atomic E-state index is 0.0123. The van der Waals surface area contributed by atoms with Crippen molar-refractivity contribution in [2.75, 3.05) is 31.5 Å². The molecule has 0 spiro atoms. The number of halogens is 3. The Morgan fingerprint density at radius 3 is 2.65 bits per heavy atom. The first-order chi connectivity index (χ1) is 17.8. The van der Waals surface area contributed by atoms with Gasteiger partial charge in [0.05, 0.1) is 18.2 Å². The van der Waals surface area contributed by atoms with Crippen LogP contribution in [0, 0.1) is 0 Å². The average molecular weight is 520 g/mol. The summed E-state index contributed by atoms with van der Waals surface area (Å²) in [5, 5.41) is 5.57. The first kappa shape index (κ1) is 26.6. The molecule has 1 fully saturated rings. The van der Waals surface area contributed by atoms with Gasteiger partial charge in [0.1, 0.15) is 5.52 Å². The number of fused-ring (bicyclic) bond motifs is 1. The molecule has 1 aromatic carbocycles. The predicted molar refractivity (Wildman–Crippen MR) is 134 cm³/mol. The maximum absolute atomic E-state index is 13.2. The van der Waals surface area contributed by atoms with Crippen molar-refractivity contribution in [2.45, 2.75) is 58.4 Å². The molecule has 3 aromatic rings. The first-order valence-corrected chi connectivity index (χ1v) is 12.6. The van der Waals surface area contributed by atoms with Crippen molar-refractivity contribution in [3.05, 3.63) is 36.3 Å². The van der Waals surface area contributed by atoms with Gasteiger partial charge in [-0.1, -0.05) is 26.7 Å². The highest BCUT2D eigenvalue weighted by atomic mass is 19.4. The third-order valence-electron chi connectivity index (χ3n) is 6.58. The zero-order chi connectivity index (χ0) is 26.4. The fourth-order valence-corrected chi connectivity index (χ4v) is 4.58. The number of amides is 1. The van der Waals surface area contributed by atoms with Crippen LogP contribution in [0.25, 0.3) is 11.2 Å². The summed E-state index contributed by atoms with van der Waals surface area (Å²) in [6.07, 6.45) is 3.37. The van der Waals surface area contributed by atoms with Crippen LogP contribution in [0.3, 0.4) is 0 Å². The Labute approximate surface area is 213 Å². The smallest absolute Gasteiger partial charge is 0.404 e. The number of aromatic nitrogens is 4. The van der Waals surface area contributed by atoms with Crippen LogP contribution in [0.4, 0.5) is 24.8 Å². The maximum atomic E-state index is 13.2. The Balaban J connectivity index is 1.51. The van der Waals surface area contributed by atoms with Gasteiger partial charge in [-0.05, 0) is 57.1 Å². The fourth-order valence-electron chi connectivity index (χ4n) is 4.58. The molecule has 2 N–H and O–H groups in total. The van der Waals surface area contributed by atoms with Crippen LogP contribution >= 0.6 is 0 Å². The third kappa shape index (κ3) is 6.88. The van der Waals surface area contributed by atoms with E-state index in [1.54, 1.807) is 6.33 Å². The van der Waals surface area contributed by atoms with Crippen LogP contribution in [0.5, 0.6) is 5.75 Å². The highest BCUT2D eigenvalue weighted by Gasteiger charge is 2.33. The van der Waals surface area contributed by atoms with Gasteiger partial charge in [0, 0.05) is 18.2 Å². The molecule has 0 aliphatic heterocycles. The number of benzene rings is 1. The van der Waals surface area contributed by atoms with Crippen molar-refractivity contribution in [1.29, 1.82) is 0 Å². The van der Waals surface area contributed by atoms with Crippen LogP contribution in [-0.4, -0.2) is 62.9 Å². The van der Waals surface area contributed by atoms with Gasteiger partial charge in [0.2, 0.25) is 5.95 Å². The number of hydrogen-bond acceptors (Lipinski definition) is 7. The van der Waals surface area contributed by atoms with Gasteiger partial charge in [-0.15, -0.1) is 13.2 Å². The number of rotatable bonds is 11. The number of hydrogen-bond donors (Lipinski definition) is 2. The van der Waals surface area contributed by atoms with Gasteiger partial charge >= 0.3 is 6.36 Å². The lowest BCUT2D eigenvalue weighted by molar-refractivity contribution is -0.274. The summed E-state index contributed by atoms with van der Waals surface area (Å²) in [6, 6.07) is 4.15. The molecule has 1 saturated carbocycles. The maximum Gasteiger partial charge on any atom is 0.573 e. The number of imidazole rings is 1. The van der Waals surface area contributed by atoms with Crippen molar-refractivity contribution in [1.82, 2.24) is 29.7 Å². The number of ether oxygens (including phenoxy) is 1. The lowest BCUT2D eigenvalue weighted by atomic mass is 10.1. The highest BCUT2D eigenvalue weighted by Crippen LogP contribution is 2.34. The molecule has 200 valence electrons. The SMILES string of the molecule is CCN(CC)CCCNC(=O)c1ccc(Nc2ncc3ncn(C4CCCC4)c3n2)c(OC(F)(F)F)c1. The summed E-state index contributed by atoms with van der Waals surface area (Å²) in [4.78, 5) is 27.9. The summed E-state index contributed by atoms with van der Waals surface area (Å²) in [6.45, 7) is 7.18. The summed E-state index contributed by atoms with van der Waals surface area (Å²) in [5.41, 5.74) is 1.27. The third-order valence-corrected chi connectivity index (χ3v) is 6.58. The van der Waals surface area contributed by atoms with Crippen LogP contribution in [0.1, 0.15) is 62.4 Å². The van der Waals surface area contributed by atoms with E-state index in [9.17, 15) is 18.0 Å². The standard InChI is InChI=1S/C25H32F3N7O2/c1-3-34(4-2)13-7-12-29-23(36)17-10-11-19(21(14-17)37-25(26,27)28)32-24-30-15-20-22(33-24)35(16-31-20)18-8-5-6-9-18/h10-11,14-16,18H,3-9,12-13H2,1-2H3,(H,29,36)(H,30,32,33). The second-order valence-electron chi connectivity index (χ2n) is 9.01. The molecule has 9 nitrogen and oxygen atoms in total. The molecule has 0 atom stereocenters. The number of anilines is 2. The van der Waals surface area contributed by atoms with Crippen molar-refractivity contribution >= 4 is 28.7 Å². The topological polar surface area (TPSA) is 97.2 Å². The van der Waals surface area contributed by atoms with E-state index in [1.165, 1.54) is 18.3 Å². The summed E-state index contributed by atoms with van der Waals surface area (Å²) < 4.78 is 45.8. The Morgan fingerprint density at radius 2 is 1.95 bits per heavy atom. The minimum atomic E-state index is -4.94. The molecule has 0 unspecified atom stereocenters. The number of nitrogens with one attached hydrogen (secondary N) is 2. The van der Waals surface area contributed by atoms with E-state index >= 15 is 0 Å². The molecule has 2 aromatic heterocycles. The Kier molecular flexibility index (Phi) is 8.47. The molecule has 0 saturated heterocycles. The zero-order valence-corrected chi connectivity index (χ0v) is 21.0. The van der Waals surface area contributed by atoms with E-state index in [-0.39, 0.29) is 17.2 Å². The molecule has 1 aliphatic rings. The van der Waals surface area contributed by atoms with E-state index < -0.39 is 18.0 Å². The molecule has 12 heteroatoms. The molecular weight excluding hydrogens is 487 g/mol. The number of alkyl halides is 3. The van der Waals surface area contributed by atoms with Gasteiger partial charge < -0.3 is 24.8 Å². The lowest BCUT2D eigenvalue weighted by Crippen LogP contribution is -2.30. The van der Waals surface area contributed by atoms with Gasteiger partial charge in [-0.3, -0.25) is 4.79 Å². The minimum Gasteiger partial charge on any atom is -0.404 e. The van der Waals surface area contributed by atoms with Crippen molar-refractivity contribution < 1.29 is 22.7 Å². The number of carbonyl (C=O) groups excluding carboxylic acids is 1. The summed E-state index contributed by atoms with van der Waals surface area (Å²) in [7, 11) is 0. The molecule has 2 heterocycles. The second-order valence-corrected chi connectivity index (χ2v) is 9.01. The molecule has 1 amide bonds. The summed E-state index contributed by atoms with van der Waals surface area (Å²) >= 11 is 0. The van der Waals surface area contributed by atoms with Gasteiger partial charge in [-0.2, -0.15) is 4.98 Å². The van der Waals surface area contributed by atoms with Crippen molar-refractivity contribution in [3.8, 4) is 5.75 Å². The quantitative estimate of drug-likeness (QED) is 0.343. The van der Waals surface area contributed by atoms with Crippen LogP contribution in [-0.2, 0) is 0 Å². The van der Waals surface area contributed by atoms with E-state index in [1.807, 2.05) is 4.57 Å². The van der Waals surface area contributed by atoms with Gasteiger partial charge in [-0.25, -0.2) is 9.97 Å². The lowest BCUT2D eigenvalue weighted by Gasteiger charge is -2.18. The van der Waals surface area contributed by atoms with Crippen LogP contribution in [0.2, 0.25) is 0 Å². The van der Waals surface area contributed by atoms with E-state index in [2.05, 4.69) is 49.1 Å². The molecular formula is C25H32F3N7O2. The Hall–Kier alpha value is -3.41. The van der Waals surface area contributed by atoms with Crippen LogP contribution in [0.15, 0.2) is 30.7 Å². The Morgan fingerprint density at radius 1 is 1.19 bits per heavy atom. The van der Waals surface area contributed by atoms with Gasteiger partial charge in [0.25, 0.3) is 5.91 Å². The van der Waals surface area contributed by atoms with Crippen LogP contribution < -0.4 is 15.4 Å². The molecule has 37 heavy (non-hydrogen) atoms. The highest BCUT2D eigenvalue weighted by molar-refractivity contribution is 5.95. The Bertz CT molecular complexity index is 1200. The number of nitrogens with zero attached hydrogens (tertiary/aromatic N) is 5. The zero-order valence-electron chi connectivity index (χ0n) is 21.0. The normalized spacial score (nSPS) is 14.4. The predicted octanol–water partition coefficient (Wildman–Crippen LogP) is 5.05. The molecule has 1 aliphatic carbocycles. The first-order valence-electron chi connectivity index (χ1n) is 12.6. The number of carbonyl (C=O) groups is 1. The molecule has 0 radical (unpaired) electrons. The van der Waals surface area contributed by atoms with Gasteiger partial charge in [0.15, 0.2) is 11.4 Å². The second kappa shape index (κ2) is 11.8. The van der Waals surface area contributed by atoms with E-state index in [0.717, 1.165) is 57.8 Å². The molecule has 4 rings (SSSR count). The van der Waals surface area contributed by atoms with Crippen molar-refractivity contribution in [2.24, 2.45) is 0 Å². The van der Waals surface area contributed by atoms with E-state index in [4.69, 9.17) is 0 Å². The fraction of sp³-hybridized carbons (Fsp3) is 0.520.